The highest BCUT2D eigenvalue weighted by atomic mass is 19.1. The lowest BCUT2D eigenvalue weighted by Crippen LogP contribution is -2.08. The van der Waals surface area contributed by atoms with Gasteiger partial charge in [0.15, 0.2) is 0 Å². The highest BCUT2D eigenvalue weighted by molar-refractivity contribution is 5.94. The molecule has 0 saturated carbocycles. The molecular formula is C14H12F2N2O2. The van der Waals surface area contributed by atoms with Gasteiger partial charge < -0.3 is 16.2 Å². The van der Waals surface area contributed by atoms with Crippen molar-refractivity contribution in [3.8, 4) is 0 Å². The maximum Gasteiger partial charge on any atom is 0.337 e. The van der Waals surface area contributed by atoms with E-state index in [1.54, 1.807) is 18.2 Å². The van der Waals surface area contributed by atoms with Crippen molar-refractivity contribution in [2.45, 2.75) is 6.54 Å². The van der Waals surface area contributed by atoms with Crippen LogP contribution in [0.4, 0.5) is 20.2 Å². The summed E-state index contributed by atoms with van der Waals surface area (Å²) in [6, 6.07) is 8.06. The van der Waals surface area contributed by atoms with Crippen molar-refractivity contribution in [2.24, 2.45) is 0 Å². The summed E-state index contributed by atoms with van der Waals surface area (Å²) in [6.45, 7) is 0.0343. The van der Waals surface area contributed by atoms with Crippen LogP contribution in [0, 0.1) is 11.6 Å². The number of rotatable bonds is 4. The Morgan fingerprint density at radius 3 is 2.55 bits per heavy atom. The van der Waals surface area contributed by atoms with Crippen molar-refractivity contribution in [1.29, 1.82) is 0 Å². The smallest absolute Gasteiger partial charge is 0.337 e. The van der Waals surface area contributed by atoms with Crippen LogP contribution >= 0.6 is 0 Å². The molecule has 0 heterocycles. The molecule has 0 aliphatic heterocycles. The van der Waals surface area contributed by atoms with E-state index in [9.17, 15) is 13.6 Å². The second kappa shape index (κ2) is 5.56. The van der Waals surface area contributed by atoms with Crippen molar-refractivity contribution in [2.75, 3.05) is 11.1 Å². The summed E-state index contributed by atoms with van der Waals surface area (Å²) in [5, 5.41) is 11.6. The fourth-order valence-corrected chi connectivity index (χ4v) is 1.74. The molecule has 0 fully saturated rings. The van der Waals surface area contributed by atoms with Crippen LogP contribution in [-0.2, 0) is 6.54 Å². The first kappa shape index (κ1) is 13.8. The van der Waals surface area contributed by atoms with E-state index in [1.165, 1.54) is 6.07 Å². The first-order valence-corrected chi connectivity index (χ1v) is 5.78. The molecule has 104 valence electrons. The van der Waals surface area contributed by atoms with Crippen molar-refractivity contribution in [1.82, 2.24) is 0 Å². The molecule has 0 unspecified atom stereocenters. The zero-order valence-corrected chi connectivity index (χ0v) is 10.4. The molecular weight excluding hydrogens is 266 g/mol. The number of nitrogens with two attached hydrogens (primary N) is 1. The maximum atomic E-state index is 13.7. The lowest BCUT2D eigenvalue weighted by Gasteiger charge is -2.10. The number of carbonyl (C=O) groups is 1. The molecule has 0 spiro atoms. The van der Waals surface area contributed by atoms with Crippen LogP contribution in [0.1, 0.15) is 15.9 Å². The van der Waals surface area contributed by atoms with E-state index in [-0.39, 0.29) is 23.5 Å². The molecule has 0 amide bonds. The number of nitrogens with one attached hydrogen (secondary N) is 1. The third-order valence-electron chi connectivity index (χ3n) is 2.80. The topological polar surface area (TPSA) is 75.3 Å². The number of hydrogen-bond acceptors (Lipinski definition) is 3. The van der Waals surface area contributed by atoms with Gasteiger partial charge in [0.2, 0.25) is 0 Å². The van der Waals surface area contributed by atoms with Gasteiger partial charge >= 0.3 is 5.97 Å². The Morgan fingerprint density at radius 2 is 1.90 bits per heavy atom. The molecule has 0 radical (unpaired) electrons. The summed E-state index contributed by atoms with van der Waals surface area (Å²) >= 11 is 0. The average Bonchev–Trinajstić information content (AvgIpc) is 2.39. The summed E-state index contributed by atoms with van der Waals surface area (Å²) < 4.78 is 27.1. The van der Waals surface area contributed by atoms with E-state index < -0.39 is 17.6 Å². The van der Waals surface area contributed by atoms with Gasteiger partial charge in [0.05, 0.1) is 11.3 Å². The van der Waals surface area contributed by atoms with Crippen molar-refractivity contribution < 1.29 is 18.7 Å². The molecule has 6 heteroatoms. The van der Waals surface area contributed by atoms with Gasteiger partial charge in [0.25, 0.3) is 0 Å². The van der Waals surface area contributed by atoms with E-state index in [1.807, 2.05) is 0 Å². The van der Waals surface area contributed by atoms with Crippen LogP contribution < -0.4 is 11.1 Å². The Labute approximate surface area is 113 Å². The number of nitrogen functional groups attached to an aromatic ring is 1. The molecule has 0 saturated heterocycles. The van der Waals surface area contributed by atoms with Gasteiger partial charge in [-0.2, -0.15) is 0 Å². The van der Waals surface area contributed by atoms with Gasteiger partial charge in [-0.05, 0) is 18.2 Å². The van der Waals surface area contributed by atoms with Crippen molar-refractivity contribution in [3.63, 3.8) is 0 Å². The summed E-state index contributed by atoms with van der Waals surface area (Å²) in [5.41, 5.74) is 5.35. The highest BCUT2D eigenvalue weighted by Gasteiger charge is 2.13. The first-order chi connectivity index (χ1) is 9.49. The second-order valence-corrected chi connectivity index (χ2v) is 4.17. The van der Waals surface area contributed by atoms with E-state index in [4.69, 9.17) is 10.8 Å². The Balaban J connectivity index is 2.24. The summed E-state index contributed by atoms with van der Waals surface area (Å²) in [4.78, 5) is 10.9. The zero-order valence-electron chi connectivity index (χ0n) is 10.4. The number of aromatic carboxylic acids is 1. The molecule has 0 aliphatic rings. The number of carboxylic acid groups (broad SMARTS) is 1. The number of anilines is 2. The molecule has 0 aromatic heterocycles. The predicted molar refractivity (Wildman–Crippen MR) is 71.5 cm³/mol. The maximum absolute atomic E-state index is 13.7. The monoisotopic (exact) mass is 278 g/mol. The number of hydrogen-bond donors (Lipinski definition) is 3. The Bertz CT molecular complexity index is 660. The molecule has 4 nitrogen and oxygen atoms in total. The zero-order chi connectivity index (χ0) is 14.7. The Hall–Kier alpha value is -2.63. The van der Waals surface area contributed by atoms with Gasteiger partial charge in [-0.15, -0.1) is 0 Å². The Morgan fingerprint density at radius 1 is 1.20 bits per heavy atom. The van der Waals surface area contributed by atoms with Crippen LogP contribution in [0.15, 0.2) is 36.4 Å². The number of benzene rings is 2. The molecule has 0 atom stereocenters. The predicted octanol–water partition coefficient (Wildman–Crippen LogP) is 2.86. The van der Waals surface area contributed by atoms with Gasteiger partial charge in [-0.1, -0.05) is 18.2 Å². The quantitative estimate of drug-likeness (QED) is 0.752. The van der Waals surface area contributed by atoms with Crippen molar-refractivity contribution >= 4 is 17.3 Å². The average molecular weight is 278 g/mol. The van der Waals surface area contributed by atoms with Gasteiger partial charge in [0, 0.05) is 17.8 Å². The minimum absolute atomic E-state index is 0.0343. The fraction of sp³-hybridized carbons (Fsp3) is 0.0714. The SMILES string of the molecule is Nc1cc(F)c(NCc2ccccc2F)cc1C(=O)O. The highest BCUT2D eigenvalue weighted by Crippen LogP contribution is 2.23. The van der Waals surface area contributed by atoms with Crippen LogP contribution in [0.2, 0.25) is 0 Å². The summed E-state index contributed by atoms with van der Waals surface area (Å²) in [7, 11) is 0. The standard InChI is InChI=1S/C14H12F2N2O2/c15-10-4-2-1-3-8(10)7-18-13-5-9(14(19)20)12(17)6-11(13)16/h1-6,18H,7,17H2,(H,19,20). The van der Waals surface area contributed by atoms with Crippen LogP contribution in [0.5, 0.6) is 0 Å². The van der Waals surface area contributed by atoms with E-state index in [0.717, 1.165) is 12.1 Å². The molecule has 20 heavy (non-hydrogen) atoms. The minimum atomic E-state index is -1.25. The van der Waals surface area contributed by atoms with Crippen LogP contribution in [-0.4, -0.2) is 11.1 Å². The normalized spacial score (nSPS) is 10.3. The molecule has 0 bridgehead atoms. The van der Waals surface area contributed by atoms with Crippen LogP contribution in [0.25, 0.3) is 0 Å². The number of carboxylic acids is 1. The molecule has 2 aromatic rings. The van der Waals surface area contributed by atoms with Gasteiger partial charge in [-0.3, -0.25) is 0 Å². The summed E-state index contributed by atoms with van der Waals surface area (Å²) in [6.07, 6.45) is 0. The second-order valence-electron chi connectivity index (χ2n) is 4.17. The molecule has 4 N–H and O–H groups in total. The largest absolute Gasteiger partial charge is 0.478 e. The number of halogens is 2. The Kier molecular flexibility index (Phi) is 3.84. The van der Waals surface area contributed by atoms with Gasteiger partial charge in [0.1, 0.15) is 11.6 Å². The summed E-state index contributed by atoms with van der Waals surface area (Å²) in [5.74, 6) is -2.37. The van der Waals surface area contributed by atoms with Crippen molar-refractivity contribution in [3.05, 3.63) is 59.2 Å². The van der Waals surface area contributed by atoms with E-state index in [2.05, 4.69) is 5.32 Å². The lowest BCUT2D eigenvalue weighted by molar-refractivity contribution is 0.0698. The van der Waals surface area contributed by atoms with E-state index >= 15 is 0 Å². The molecule has 2 aromatic carbocycles. The molecule has 2 rings (SSSR count). The third-order valence-corrected chi connectivity index (χ3v) is 2.80. The third kappa shape index (κ3) is 2.85. The lowest BCUT2D eigenvalue weighted by atomic mass is 10.1. The minimum Gasteiger partial charge on any atom is -0.478 e. The first-order valence-electron chi connectivity index (χ1n) is 5.78. The van der Waals surface area contributed by atoms with Crippen LogP contribution in [0.3, 0.4) is 0 Å². The van der Waals surface area contributed by atoms with Gasteiger partial charge in [-0.25, -0.2) is 13.6 Å². The van der Waals surface area contributed by atoms with E-state index in [0.29, 0.717) is 5.56 Å². The fourth-order valence-electron chi connectivity index (χ4n) is 1.74. The molecule has 0 aliphatic carbocycles.